The molecule has 6 nitrogen and oxygen atoms in total. The number of amides is 1. The van der Waals surface area contributed by atoms with E-state index in [9.17, 15) is 4.79 Å². The van der Waals surface area contributed by atoms with Crippen LogP contribution in [0.4, 0.5) is 0 Å². The van der Waals surface area contributed by atoms with Crippen molar-refractivity contribution >= 4 is 17.2 Å². The van der Waals surface area contributed by atoms with Gasteiger partial charge < -0.3 is 5.32 Å². The minimum Gasteiger partial charge on any atom is -0.345 e. The van der Waals surface area contributed by atoms with E-state index in [2.05, 4.69) is 20.6 Å². The molecule has 0 fully saturated rings. The Balaban J connectivity index is 1.62. The maximum absolute atomic E-state index is 12.0. The summed E-state index contributed by atoms with van der Waals surface area (Å²) in [5.74, 6) is -0.156. The molecule has 0 bridgehead atoms. The highest BCUT2D eigenvalue weighted by molar-refractivity contribution is 7.14. The fourth-order valence-electron chi connectivity index (χ4n) is 1.93. The molecule has 0 atom stereocenters. The van der Waals surface area contributed by atoms with Crippen molar-refractivity contribution < 1.29 is 4.79 Å². The van der Waals surface area contributed by atoms with Gasteiger partial charge >= 0.3 is 0 Å². The lowest BCUT2D eigenvalue weighted by Crippen LogP contribution is -2.22. The number of aryl methyl sites for hydroxylation is 1. The third-order valence-corrected chi connectivity index (χ3v) is 4.08. The number of benzene rings is 1. The number of aromatic nitrogens is 4. The fraction of sp³-hybridized carbons (Fsp3) is 0.200. The monoisotopic (exact) mass is 313 g/mol. The lowest BCUT2D eigenvalue weighted by atomic mass is 10.2. The van der Waals surface area contributed by atoms with Gasteiger partial charge in [-0.25, -0.2) is 0 Å². The van der Waals surface area contributed by atoms with Gasteiger partial charge in [-0.3, -0.25) is 9.48 Å². The maximum atomic E-state index is 12.0. The highest BCUT2D eigenvalue weighted by atomic mass is 32.1. The first-order chi connectivity index (χ1) is 10.8. The smallest absolute Gasteiger partial charge is 0.254 e. The molecule has 3 rings (SSSR count). The van der Waals surface area contributed by atoms with Crippen LogP contribution in [0.25, 0.3) is 10.6 Å². The van der Waals surface area contributed by atoms with Gasteiger partial charge in [0, 0.05) is 18.3 Å². The van der Waals surface area contributed by atoms with Crippen LogP contribution in [0, 0.1) is 0 Å². The van der Waals surface area contributed by atoms with Gasteiger partial charge in [0.05, 0.1) is 18.3 Å². The molecule has 1 amide bonds. The summed E-state index contributed by atoms with van der Waals surface area (Å²) in [7, 11) is 0. The quantitative estimate of drug-likeness (QED) is 0.785. The summed E-state index contributed by atoms with van der Waals surface area (Å²) in [5.41, 5.74) is 1.58. The van der Waals surface area contributed by atoms with E-state index in [-0.39, 0.29) is 5.91 Å². The van der Waals surface area contributed by atoms with Crippen molar-refractivity contribution in [1.82, 2.24) is 25.3 Å². The molecule has 0 saturated heterocycles. The van der Waals surface area contributed by atoms with Crippen LogP contribution in [0.5, 0.6) is 0 Å². The molecule has 0 aliphatic rings. The van der Waals surface area contributed by atoms with E-state index in [1.807, 2.05) is 37.3 Å². The molecule has 2 heterocycles. The standard InChI is InChI=1S/C15H15N5OS/c1-2-20-10-12(8-17-20)14(21)16-9-13-18-19-15(22-13)11-6-4-3-5-7-11/h3-8,10H,2,9H2,1H3,(H,16,21). The molecular weight excluding hydrogens is 298 g/mol. The zero-order chi connectivity index (χ0) is 15.4. The van der Waals surface area contributed by atoms with Crippen LogP contribution in [0.1, 0.15) is 22.3 Å². The Morgan fingerprint density at radius 2 is 2.09 bits per heavy atom. The van der Waals surface area contributed by atoms with Crippen molar-refractivity contribution in [3.05, 3.63) is 53.3 Å². The highest BCUT2D eigenvalue weighted by Crippen LogP contribution is 2.22. The van der Waals surface area contributed by atoms with Gasteiger partial charge in [-0.15, -0.1) is 10.2 Å². The molecule has 7 heteroatoms. The topological polar surface area (TPSA) is 72.7 Å². The molecule has 0 spiro atoms. The molecule has 1 aromatic carbocycles. The van der Waals surface area contributed by atoms with E-state index in [1.54, 1.807) is 17.1 Å². The largest absolute Gasteiger partial charge is 0.345 e. The van der Waals surface area contributed by atoms with Gasteiger partial charge in [0.15, 0.2) is 0 Å². The predicted molar refractivity (Wildman–Crippen MR) is 84.4 cm³/mol. The molecule has 2 aromatic heterocycles. The molecule has 0 saturated carbocycles. The first-order valence-corrected chi connectivity index (χ1v) is 7.76. The first-order valence-electron chi connectivity index (χ1n) is 6.94. The van der Waals surface area contributed by atoms with Crippen molar-refractivity contribution in [3.63, 3.8) is 0 Å². The second-order valence-corrected chi connectivity index (χ2v) is 5.70. The lowest BCUT2D eigenvalue weighted by molar-refractivity contribution is 0.0950. The predicted octanol–water partition coefficient (Wildman–Crippen LogP) is 2.35. The molecule has 0 radical (unpaired) electrons. The minimum absolute atomic E-state index is 0.156. The summed E-state index contributed by atoms with van der Waals surface area (Å²) >= 11 is 1.48. The summed E-state index contributed by atoms with van der Waals surface area (Å²) in [5, 5.41) is 16.8. The zero-order valence-corrected chi connectivity index (χ0v) is 12.9. The SMILES string of the molecule is CCn1cc(C(=O)NCc2nnc(-c3ccccc3)s2)cn1. The van der Waals surface area contributed by atoms with Crippen LogP contribution >= 0.6 is 11.3 Å². The summed E-state index contributed by atoms with van der Waals surface area (Å²) < 4.78 is 1.72. The van der Waals surface area contributed by atoms with Gasteiger partial charge in [0.1, 0.15) is 10.0 Å². The molecule has 22 heavy (non-hydrogen) atoms. The Kier molecular flexibility index (Phi) is 4.24. The normalized spacial score (nSPS) is 10.6. The number of hydrogen-bond acceptors (Lipinski definition) is 5. The Hall–Kier alpha value is -2.54. The molecule has 0 unspecified atom stereocenters. The van der Waals surface area contributed by atoms with Crippen LogP contribution in [-0.2, 0) is 13.1 Å². The van der Waals surface area contributed by atoms with Crippen molar-refractivity contribution in [2.75, 3.05) is 0 Å². The van der Waals surface area contributed by atoms with Crippen molar-refractivity contribution in [3.8, 4) is 10.6 Å². The Morgan fingerprint density at radius 1 is 1.27 bits per heavy atom. The Morgan fingerprint density at radius 3 is 2.82 bits per heavy atom. The van der Waals surface area contributed by atoms with Crippen molar-refractivity contribution in [2.45, 2.75) is 20.0 Å². The molecule has 112 valence electrons. The molecule has 3 aromatic rings. The van der Waals surface area contributed by atoms with E-state index in [0.717, 1.165) is 22.1 Å². The average molecular weight is 313 g/mol. The van der Waals surface area contributed by atoms with Gasteiger partial charge in [-0.05, 0) is 6.92 Å². The fourth-order valence-corrected chi connectivity index (χ4v) is 2.72. The van der Waals surface area contributed by atoms with Crippen molar-refractivity contribution in [2.24, 2.45) is 0 Å². The van der Waals surface area contributed by atoms with Crippen LogP contribution in [0.15, 0.2) is 42.7 Å². The molecule has 0 aliphatic carbocycles. The summed E-state index contributed by atoms with van der Waals surface area (Å²) in [6.45, 7) is 3.08. The van der Waals surface area contributed by atoms with E-state index < -0.39 is 0 Å². The van der Waals surface area contributed by atoms with Gasteiger partial charge in [-0.1, -0.05) is 41.7 Å². The minimum atomic E-state index is -0.156. The Bertz CT molecular complexity index is 765. The zero-order valence-electron chi connectivity index (χ0n) is 12.1. The Labute approximate surface area is 131 Å². The highest BCUT2D eigenvalue weighted by Gasteiger charge is 2.10. The third kappa shape index (κ3) is 3.20. The van der Waals surface area contributed by atoms with E-state index in [1.165, 1.54) is 11.3 Å². The van der Waals surface area contributed by atoms with E-state index in [0.29, 0.717) is 12.1 Å². The maximum Gasteiger partial charge on any atom is 0.254 e. The molecule has 0 aliphatic heterocycles. The van der Waals surface area contributed by atoms with Crippen LogP contribution in [0.3, 0.4) is 0 Å². The first kappa shape index (κ1) is 14.4. The molecule has 1 N–H and O–H groups in total. The molecular formula is C15H15N5OS. The average Bonchev–Trinajstić information content (AvgIpc) is 3.22. The van der Waals surface area contributed by atoms with Crippen LogP contribution < -0.4 is 5.32 Å². The third-order valence-electron chi connectivity index (χ3n) is 3.11. The van der Waals surface area contributed by atoms with E-state index >= 15 is 0 Å². The second kappa shape index (κ2) is 6.48. The van der Waals surface area contributed by atoms with E-state index in [4.69, 9.17) is 0 Å². The number of nitrogens with zero attached hydrogens (tertiary/aromatic N) is 4. The number of hydrogen-bond donors (Lipinski definition) is 1. The van der Waals surface area contributed by atoms with Crippen LogP contribution in [-0.4, -0.2) is 25.9 Å². The second-order valence-electron chi connectivity index (χ2n) is 4.63. The van der Waals surface area contributed by atoms with Gasteiger partial charge in [0.2, 0.25) is 0 Å². The van der Waals surface area contributed by atoms with Crippen LogP contribution in [0.2, 0.25) is 0 Å². The summed E-state index contributed by atoms with van der Waals surface area (Å²) in [4.78, 5) is 12.0. The number of rotatable bonds is 5. The summed E-state index contributed by atoms with van der Waals surface area (Å²) in [6.07, 6.45) is 3.29. The lowest BCUT2D eigenvalue weighted by Gasteiger charge is -1.99. The summed E-state index contributed by atoms with van der Waals surface area (Å²) in [6, 6.07) is 9.86. The number of carbonyl (C=O) groups excluding carboxylic acids is 1. The number of carbonyl (C=O) groups is 1. The van der Waals surface area contributed by atoms with Crippen molar-refractivity contribution in [1.29, 1.82) is 0 Å². The van der Waals surface area contributed by atoms with Gasteiger partial charge in [0.25, 0.3) is 5.91 Å². The number of nitrogens with one attached hydrogen (secondary N) is 1. The van der Waals surface area contributed by atoms with Gasteiger partial charge in [-0.2, -0.15) is 5.10 Å².